The Morgan fingerprint density at radius 2 is 1.15 bits per heavy atom. The van der Waals surface area contributed by atoms with Gasteiger partial charge in [-0.3, -0.25) is 0 Å². The first kappa shape index (κ1) is 22.7. The number of aromatic nitrogens is 1. The Morgan fingerprint density at radius 3 is 2.02 bits per heavy atom. The van der Waals surface area contributed by atoms with Gasteiger partial charge in [0.05, 0.1) is 15.7 Å². The molecule has 6 aromatic carbocycles. The van der Waals surface area contributed by atoms with E-state index in [1.54, 1.807) is 0 Å². The van der Waals surface area contributed by atoms with Crippen LogP contribution in [0.4, 0.5) is 0 Å². The van der Waals surface area contributed by atoms with Gasteiger partial charge in [0.1, 0.15) is 11.2 Å². The molecule has 0 amide bonds. The zero-order valence-corrected chi connectivity index (χ0v) is 22.9. The van der Waals surface area contributed by atoms with E-state index in [4.69, 9.17) is 4.42 Å². The molecule has 0 atom stereocenters. The highest BCUT2D eigenvalue weighted by atomic mass is 32.1. The topological polar surface area (TPSA) is 18.1 Å². The Morgan fingerprint density at radius 1 is 0.488 bits per heavy atom. The third kappa shape index (κ3) is 3.30. The maximum atomic E-state index is 6.38. The van der Waals surface area contributed by atoms with Crippen LogP contribution in [0.5, 0.6) is 0 Å². The number of nitrogens with zero attached hydrogens (tertiary/aromatic N) is 1. The van der Waals surface area contributed by atoms with Crippen molar-refractivity contribution in [3.63, 3.8) is 0 Å². The fraction of sp³-hybridized carbons (Fsp3) is 0. The summed E-state index contributed by atoms with van der Waals surface area (Å²) >= 11 is 1.90. The highest BCUT2D eigenvalue weighted by molar-refractivity contribution is 7.27. The standard InChI is InChI=1S/C38H23NOS/c1-2-13-26(14-3-1)39-33-21-6-4-16-31(33)38-35(39)32-20-10-18-28(37(32)41-38)25-12-8-11-24(23-25)27-17-9-19-30-29-15-5-7-22-34(29)40-36(27)30/h1-23H. The molecule has 0 unspecified atom stereocenters. The number of rotatable bonds is 3. The molecule has 0 saturated heterocycles. The Balaban J connectivity index is 1.28. The molecule has 3 aromatic heterocycles. The van der Waals surface area contributed by atoms with Gasteiger partial charge in [0, 0.05) is 37.5 Å². The van der Waals surface area contributed by atoms with E-state index in [-0.39, 0.29) is 0 Å². The van der Waals surface area contributed by atoms with Crippen molar-refractivity contribution in [2.75, 3.05) is 0 Å². The minimum atomic E-state index is 0.923. The Hall–Kier alpha value is -5.12. The molecular formula is C38H23NOS. The van der Waals surface area contributed by atoms with Crippen LogP contribution >= 0.6 is 11.3 Å². The van der Waals surface area contributed by atoms with Crippen LogP contribution in [-0.2, 0) is 0 Å². The minimum Gasteiger partial charge on any atom is -0.455 e. The van der Waals surface area contributed by atoms with E-state index in [0.29, 0.717) is 0 Å². The molecule has 9 aromatic rings. The molecule has 3 heteroatoms. The van der Waals surface area contributed by atoms with Crippen molar-refractivity contribution in [1.82, 2.24) is 4.57 Å². The molecule has 0 spiro atoms. The number of benzene rings is 6. The third-order valence-electron chi connectivity index (χ3n) is 8.21. The van der Waals surface area contributed by atoms with E-state index in [1.165, 1.54) is 48.0 Å². The van der Waals surface area contributed by atoms with Gasteiger partial charge in [0.15, 0.2) is 0 Å². The monoisotopic (exact) mass is 541 g/mol. The number of furan rings is 1. The smallest absolute Gasteiger partial charge is 0.143 e. The fourth-order valence-electron chi connectivity index (χ4n) is 6.39. The zero-order valence-electron chi connectivity index (χ0n) is 22.0. The second-order valence-electron chi connectivity index (χ2n) is 10.5. The maximum absolute atomic E-state index is 6.38. The number of para-hydroxylation sites is 4. The lowest BCUT2D eigenvalue weighted by Gasteiger charge is -2.10. The molecule has 0 bridgehead atoms. The SMILES string of the molecule is c1ccc(-n2c3ccccc3c3sc4c(-c5cccc(-c6cccc7c6oc6ccccc67)c5)cccc4c32)cc1. The van der Waals surface area contributed by atoms with Crippen LogP contribution in [0, 0.1) is 0 Å². The van der Waals surface area contributed by atoms with Crippen molar-refractivity contribution in [3.8, 4) is 27.9 Å². The average Bonchev–Trinajstić information content (AvgIpc) is 3.70. The molecule has 2 nitrogen and oxygen atoms in total. The summed E-state index contributed by atoms with van der Waals surface area (Å²) in [6, 6.07) is 49.8. The highest BCUT2D eigenvalue weighted by Crippen LogP contribution is 2.46. The summed E-state index contributed by atoms with van der Waals surface area (Å²) in [6.07, 6.45) is 0. The number of hydrogen-bond donors (Lipinski definition) is 0. The van der Waals surface area contributed by atoms with Crippen molar-refractivity contribution in [2.24, 2.45) is 0 Å². The van der Waals surface area contributed by atoms with Crippen molar-refractivity contribution in [3.05, 3.63) is 140 Å². The Kier molecular flexibility index (Phi) is 4.80. The first-order chi connectivity index (χ1) is 20.3. The van der Waals surface area contributed by atoms with Gasteiger partial charge in [-0.05, 0) is 47.0 Å². The molecule has 0 radical (unpaired) electrons. The summed E-state index contributed by atoms with van der Waals surface area (Å²) in [5.74, 6) is 0. The molecule has 0 aliphatic rings. The molecular weight excluding hydrogens is 518 g/mol. The van der Waals surface area contributed by atoms with Crippen LogP contribution in [0.3, 0.4) is 0 Å². The highest BCUT2D eigenvalue weighted by Gasteiger charge is 2.20. The minimum absolute atomic E-state index is 0.923. The molecule has 0 aliphatic carbocycles. The van der Waals surface area contributed by atoms with Crippen LogP contribution in [0.25, 0.3) is 81.1 Å². The van der Waals surface area contributed by atoms with Gasteiger partial charge in [-0.1, -0.05) is 109 Å². The predicted octanol–water partition coefficient (Wildman–Crippen LogP) is 11.2. The first-order valence-electron chi connectivity index (χ1n) is 13.9. The van der Waals surface area contributed by atoms with E-state index in [9.17, 15) is 0 Å². The van der Waals surface area contributed by atoms with Crippen molar-refractivity contribution in [2.45, 2.75) is 0 Å². The molecule has 41 heavy (non-hydrogen) atoms. The fourth-order valence-corrected chi connectivity index (χ4v) is 7.75. The van der Waals surface area contributed by atoms with Crippen LogP contribution in [0.2, 0.25) is 0 Å². The molecule has 0 saturated carbocycles. The van der Waals surface area contributed by atoms with Gasteiger partial charge in [0.25, 0.3) is 0 Å². The summed E-state index contributed by atoms with van der Waals surface area (Å²) in [5.41, 5.74) is 10.3. The molecule has 3 heterocycles. The summed E-state index contributed by atoms with van der Waals surface area (Å²) in [7, 11) is 0. The van der Waals surface area contributed by atoms with Gasteiger partial charge in [0.2, 0.25) is 0 Å². The molecule has 0 aliphatic heterocycles. The third-order valence-corrected chi connectivity index (χ3v) is 9.47. The van der Waals surface area contributed by atoms with Gasteiger partial charge >= 0.3 is 0 Å². The van der Waals surface area contributed by atoms with Gasteiger partial charge in [-0.25, -0.2) is 0 Å². The number of hydrogen-bond acceptors (Lipinski definition) is 2. The summed E-state index contributed by atoms with van der Waals surface area (Å²) in [4.78, 5) is 0. The van der Waals surface area contributed by atoms with Gasteiger partial charge in [-0.15, -0.1) is 11.3 Å². The quantitative estimate of drug-likeness (QED) is 0.217. The summed E-state index contributed by atoms with van der Waals surface area (Å²) < 4.78 is 11.4. The van der Waals surface area contributed by atoms with Crippen LogP contribution in [0.15, 0.2) is 144 Å². The van der Waals surface area contributed by atoms with Crippen molar-refractivity contribution in [1.29, 1.82) is 0 Å². The lowest BCUT2D eigenvalue weighted by atomic mass is 9.97. The normalized spacial score (nSPS) is 11.9. The molecule has 0 fully saturated rings. The predicted molar refractivity (Wildman–Crippen MR) is 174 cm³/mol. The Bertz CT molecular complexity index is 2420. The van der Waals surface area contributed by atoms with E-state index < -0.39 is 0 Å². The first-order valence-corrected chi connectivity index (χ1v) is 14.7. The second kappa shape index (κ2) is 8.69. The van der Waals surface area contributed by atoms with E-state index >= 15 is 0 Å². The molecule has 9 rings (SSSR count). The van der Waals surface area contributed by atoms with Crippen molar-refractivity contribution >= 4 is 64.5 Å². The van der Waals surface area contributed by atoms with Crippen LogP contribution in [0.1, 0.15) is 0 Å². The molecule has 192 valence electrons. The maximum Gasteiger partial charge on any atom is 0.143 e. The van der Waals surface area contributed by atoms with E-state index in [0.717, 1.165) is 33.1 Å². The van der Waals surface area contributed by atoms with Crippen LogP contribution in [-0.4, -0.2) is 4.57 Å². The Labute approximate surface area is 240 Å². The van der Waals surface area contributed by atoms with Crippen molar-refractivity contribution < 1.29 is 4.42 Å². The van der Waals surface area contributed by atoms with Crippen LogP contribution < -0.4 is 0 Å². The summed E-state index contributed by atoms with van der Waals surface area (Å²) in [5, 5.41) is 4.89. The van der Waals surface area contributed by atoms with Gasteiger partial charge in [-0.2, -0.15) is 0 Å². The van der Waals surface area contributed by atoms with E-state index in [2.05, 4.69) is 132 Å². The van der Waals surface area contributed by atoms with E-state index in [1.807, 2.05) is 23.5 Å². The lowest BCUT2D eigenvalue weighted by molar-refractivity contribution is 0.670. The largest absolute Gasteiger partial charge is 0.455 e. The number of fused-ring (bicyclic) bond motifs is 8. The zero-order chi connectivity index (χ0) is 26.9. The number of thiophene rings is 1. The van der Waals surface area contributed by atoms with Gasteiger partial charge < -0.3 is 8.98 Å². The molecule has 0 N–H and O–H groups in total. The lowest BCUT2D eigenvalue weighted by Crippen LogP contribution is -1.92. The summed E-state index contributed by atoms with van der Waals surface area (Å²) in [6.45, 7) is 0. The average molecular weight is 542 g/mol. The second-order valence-corrected chi connectivity index (χ2v) is 11.5.